The van der Waals surface area contributed by atoms with Gasteiger partial charge in [-0.1, -0.05) is 18.8 Å². The highest BCUT2D eigenvalue weighted by Crippen LogP contribution is 1.73. The van der Waals surface area contributed by atoms with Crippen LogP contribution in [0.3, 0.4) is 0 Å². The molecule has 0 aliphatic heterocycles. The Morgan fingerprint density at radius 2 is 2.57 bits per heavy atom. The minimum Gasteiger partial charge on any atom is -0.279 e. The Morgan fingerprint density at radius 3 is 2.71 bits per heavy atom. The van der Waals surface area contributed by atoms with Crippen molar-refractivity contribution in [3.8, 4) is 0 Å². The van der Waals surface area contributed by atoms with Crippen molar-refractivity contribution in [3.63, 3.8) is 0 Å². The zero-order valence-electron chi connectivity index (χ0n) is 4.10. The Bertz CT molecular complexity index is 81.8. The summed E-state index contributed by atoms with van der Waals surface area (Å²) in [4.78, 5) is 4.45. The first-order valence-corrected chi connectivity index (χ1v) is 2.21. The van der Waals surface area contributed by atoms with Crippen molar-refractivity contribution in [3.05, 3.63) is 12.3 Å². The molecule has 0 amide bonds. The minimum atomic E-state index is 0.595. The molecule has 0 unspecified atom stereocenters. The van der Waals surface area contributed by atoms with Crippen LogP contribution in [0.25, 0.3) is 0 Å². The van der Waals surface area contributed by atoms with Gasteiger partial charge in [0.15, 0.2) is 0 Å². The zero-order chi connectivity index (χ0) is 5.70. The number of hydrogen-bond donors (Lipinski definition) is 1. The maximum atomic E-state index is 4.47. The molecule has 0 saturated carbocycles. The van der Waals surface area contributed by atoms with Crippen LogP contribution in [-0.4, -0.2) is 12.5 Å². The van der Waals surface area contributed by atoms with E-state index in [1.54, 1.807) is 0 Å². The molecule has 0 bridgehead atoms. The Kier molecular flexibility index (Phi) is 3.55. The number of nitrogens with one attached hydrogen (secondary N) is 1. The lowest BCUT2D eigenvalue weighted by molar-refractivity contribution is 0.124. The standard InChI is InChI=1S/C4H7NOS/c1-4(3-7)5-6-2/h3,5H,1H2,2H3. The lowest BCUT2D eigenvalue weighted by atomic mass is 10.6. The fraction of sp³-hybridized carbons (Fsp3) is 0.250. The first kappa shape index (κ1) is 6.59. The second-order valence-corrected chi connectivity index (χ2v) is 1.18. The van der Waals surface area contributed by atoms with Crippen molar-refractivity contribution in [2.45, 2.75) is 0 Å². The monoisotopic (exact) mass is 117 g/mol. The van der Waals surface area contributed by atoms with Gasteiger partial charge in [0, 0.05) is 5.37 Å². The minimum absolute atomic E-state index is 0.595. The Balaban J connectivity index is 3.17. The molecule has 40 valence electrons. The average Bonchev–Trinajstić information content (AvgIpc) is 1.68. The summed E-state index contributed by atoms with van der Waals surface area (Å²) < 4.78 is 0. The molecule has 0 aromatic heterocycles. The third-order valence-electron chi connectivity index (χ3n) is 0.375. The van der Waals surface area contributed by atoms with Crippen LogP contribution >= 0.6 is 12.2 Å². The molecular weight excluding hydrogens is 110 g/mol. The number of rotatable bonds is 3. The van der Waals surface area contributed by atoms with Gasteiger partial charge in [0.25, 0.3) is 0 Å². The average molecular weight is 117 g/mol. The molecule has 0 spiro atoms. The summed E-state index contributed by atoms with van der Waals surface area (Å²) in [7, 11) is 1.50. The van der Waals surface area contributed by atoms with Gasteiger partial charge in [-0.2, -0.15) is 0 Å². The van der Waals surface area contributed by atoms with E-state index in [9.17, 15) is 0 Å². The molecule has 0 aromatic carbocycles. The molecular formula is C4H7NOS. The molecule has 0 heterocycles. The first-order chi connectivity index (χ1) is 3.31. The van der Waals surface area contributed by atoms with Crippen LogP contribution in [0.5, 0.6) is 0 Å². The third-order valence-corrected chi connectivity index (χ3v) is 0.660. The van der Waals surface area contributed by atoms with Crippen LogP contribution in [0, 0.1) is 0 Å². The van der Waals surface area contributed by atoms with Gasteiger partial charge in [-0.25, -0.2) is 0 Å². The highest BCUT2D eigenvalue weighted by atomic mass is 32.1. The van der Waals surface area contributed by atoms with Gasteiger partial charge in [-0.05, 0) is 0 Å². The Hall–Kier alpha value is -0.410. The van der Waals surface area contributed by atoms with Crippen LogP contribution in [0.4, 0.5) is 0 Å². The van der Waals surface area contributed by atoms with Crippen LogP contribution in [-0.2, 0) is 4.84 Å². The van der Waals surface area contributed by atoms with Crippen molar-refractivity contribution >= 4 is 17.6 Å². The maximum Gasteiger partial charge on any atom is 0.0639 e. The molecule has 0 fully saturated rings. The number of hydrogen-bond acceptors (Lipinski definition) is 3. The molecule has 0 aliphatic carbocycles. The van der Waals surface area contributed by atoms with Gasteiger partial charge in [0.05, 0.1) is 12.8 Å². The molecule has 1 N–H and O–H groups in total. The molecule has 2 nitrogen and oxygen atoms in total. The third kappa shape index (κ3) is 3.42. The summed E-state index contributed by atoms with van der Waals surface area (Å²) in [5, 5.41) is 1.41. The van der Waals surface area contributed by atoms with Gasteiger partial charge in [0.1, 0.15) is 0 Å². The van der Waals surface area contributed by atoms with Crippen LogP contribution in [0.2, 0.25) is 0 Å². The smallest absolute Gasteiger partial charge is 0.0639 e. The summed E-state index contributed by atoms with van der Waals surface area (Å²) in [6.07, 6.45) is 0. The van der Waals surface area contributed by atoms with E-state index in [1.165, 1.54) is 12.5 Å². The lowest BCUT2D eigenvalue weighted by Crippen LogP contribution is -2.09. The summed E-state index contributed by atoms with van der Waals surface area (Å²) in [5.74, 6) is 0. The maximum absolute atomic E-state index is 4.47. The van der Waals surface area contributed by atoms with Gasteiger partial charge in [-0.15, -0.1) is 0 Å². The predicted molar refractivity (Wildman–Crippen MR) is 32.9 cm³/mol. The van der Waals surface area contributed by atoms with E-state index in [-0.39, 0.29) is 0 Å². The Morgan fingerprint density at radius 1 is 2.00 bits per heavy atom. The van der Waals surface area contributed by atoms with Crippen molar-refractivity contribution in [2.75, 3.05) is 7.11 Å². The predicted octanol–water partition coefficient (Wildman–Crippen LogP) is 0.651. The molecule has 0 atom stereocenters. The van der Waals surface area contributed by atoms with Crippen LogP contribution < -0.4 is 5.48 Å². The number of hydroxylamine groups is 1. The van der Waals surface area contributed by atoms with E-state index in [2.05, 4.69) is 29.1 Å². The Labute approximate surface area is 48.1 Å². The lowest BCUT2D eigenvalue weighted by Gasteiger charge is -1.96. The highest BCUT2D eigenvalue weighted by molar-refractivity contribution is 7.79. The topological polar surface area (TPSA) is 21.3 Å². The fourth-order valence-electron chi connectivity index (χ4n) is 0.155. The van der Waals surface area contributed by atoms with E-state index in [1.807, 2.05) is 0 Å². The van der Waals surface area contributed by atoms with Crippen molar-refractivity contribution in [1.82, 2.24) is 5.48 Å². The SMILES string of the molecule is C=C(C=S)NOC. The first-order valence-electron chi connectivity index (χ1n) is 1.74. The molecule has 0 saturated heterocycles. The second-order valence-electron chi connectivity index (χ2n) is 0.949. The second kappa shape index (κ2) is 3.77. The van der Waals surface area contributed by atoms with E-state index < -0.39 is 0 Å². The summed E-state index contributed by atoms with van der Waals surface area (Å²) in [5.41, 5.74) is 3.04. The van der Waals surface area contributed by atoms with E-state index in [0.717, 1.165) is 0 Å². The van der Waals surface area contributed by atoms with Crippen molar-refractivity contribution in [2.24, 2.45) is 0 Å². The van der Waals surface area contributed by atoms with Crippen molar-refractivity contribution < 1.29 is 4.84 Å². The van der Waals surface area contributed by atoms with Gasteiger partial charge < -0.3 is 0 Å². The van der Waals surface area contributed by atoms with Gasteiger partial charge >= 0.3 is 0 Å². The molecule has 0 aromatic rings. The van der Waals surface area contributed by atoms with E-state index in [0.29, 0.717) is 5.70 Å². The summed E-state index contributed by atoms with van der Waals surface area (Å²) >= 11 is 4.47. The zero-order valence-corrected chi connectivity index (χ0v) is 4.92. The largest absolute Gasteiger partial charge is 0.279 e. The summed E-state index contributed by atoms with van der Waals surface area (Å²) in [6, 6.07) is 0. The number of thiocarbonyl (C=S) groups is 1. The van der Waals surface area contributed by atoms with Crippen LogP contribution in [0.15, 0.2) is 12.3 Å². The molecule has 0 radical (unpaired) electrons. The molecule has 0 aliphatic rings. The van der Waals surface area contributed by atoms with Crippen LogP contribution in [0.1, 0.15) is 0 Å². The quantitative estimate of drug-likeness (QED) is 0.333. The van der Waals surface area contributed by atoms with Crippen molar-refractivity contribution in [1.29, 1.82) is 0 Å². The molecule has 3 heteroatoms. The molecule has 0 rings (SSSR count). The summed E-state index contributed by atoms with van der Waals surface area (Å²) in [6.45, 7) is 3.47. The van der Waals surface area contributed by atoms with Gasteiger partial charge in [-0.3, -0.25) is 10.3 Å². The number of allylic oxidation sites excluding steroid dienone is 1. The normalized spacial score (nSPS) is 7.57. The van der Waals surface area contributed by atoms with Gasteiger partial charge in [0.2, 0.25) is 0 Å². The fourth-order valence-corrected chi connectivity index (χ4v) is 0.203. The van der Waals surface area contributed by atoms with E-state index in [4.69, 9.17) is 0 Å². The highest BCUT2D eigenvalue weighted by Gasteiger charge is 1.77. The van der Waals surface area contributed by atoms with E-state index >= 15 is 0 Å². The molecule has 7 heavy (non-hydrogen) atoms.